The van der Waals surface area contributed by atoms with Crippen LogP contribution in [0.3, 0.4) is 0 Å². The Morgan fingerprint density at radius 2 is 1.62 bits per heavy atom. The Bertz CT molecular complexity index is 1690. The third-order valence-corrected chi connectivity index (χ3v) is 7.00. The van der Waals surface area contributed by atoms with Crippen LogP contribution in [0.2, 0.25) is 0 Å². The van der Waals surface area contributed by atoms with Gasteiger partial charge in [-0.25, -0.2) is 9.79 Å². The quantitative estimate of drug-likeness (QED) is 0.204. The number of hydrogen-bond donors (Lipinski definition) is 1. The fourth-order valence-corrected chi connectivity index (χ4v) is 5.17. The number of benzene rings is 2. The summed E-state index contributed by atoms with van der Waals surface area (Å²) >= 11 is 2.21. The minimum absolute atomic E-state index is 0.00932. The zero-order valence-corrected chi connectivity index (χ0v) is 19.9. The number of rotatable bonds is 7. The number of nitro benzene ring substituents is 2. The molecule has 3 heterocycles. The van der Waals surface area contributed by atoms with Gasteiger partial charge in [0.15, 0.2) is 0 Å². The highest BCUT2D eigenvalue weighted by atomic mass is 32.2. The molecule has 13 nitrogen and oxygen atoms in total. The van der Waals surface area contributed by atoms with E-state index in [1.54, 1.807) is 0 Å². The molecule has 0 fully saturated rings. The number of fused-ring (bicyclic) bond motifs is 1. The summed E-state index contributed by atoms with van der Waals surface area (Å²) in [5.74, 6) is -0.305. The second-order valence-corrected chi connectivity index (χ2v) is 9.38. The molecular weight excluding hydrogens is 524 g/mol. The minimum atomic E-state index is -0.756. The standard InChI is InChI=1S/C22H12N6O7S2/c29-15-10-36-20(24-15)17-16(12-3-7-14(8-4-12)28(33)34)18-19(35-21(17)30)25-22(37-18)26-23-9-11-1-5-13(6-2-11)27(31)32/h1-9H,10H2,(H,25,26)/b23-9+. The summed E-state index contributed by atoms with van der Waals surface area (Å²) in [6, 6.07) is 11.4. The number of nitrogens with one attached hydrogen (secondary N) is 1. The summed E-state index contributed by atoms with van der Waals surface area (Å²) < 4.78 is 5.86. The van der Waals surface area contributed by atoms with Crippen molar-refractivity contribution >= 4 is 67.2 Å². The smallest absolute Gasteiger partial charge is 0.348 e. The van der Waals surface area contributed by atoms with Crippen molar-refractivity contribution in [3.05, 3.63) is 90.3 Å². The van der Waals surface area contributed by atoms with Gasteiger partial charge in [0, 0.05) is 29.8 Å². The van der Waals surface area contributed by atoms with Gasteiger partial charge < -0.3 is 4.42 Å². The molecule has 0 spiro atoms. The van der Waals surface area contributed by atoms with Gasteiger partial charge in [-0.15, -0.1) is 0 Å². The number of carbonyl (C=O) groups excluding carboxylic acids is 1. The lowest BCUT2D eigenvalue weighted by molar-refractivity contribution is -0.385. The number of aromatic nitrogens is 1. The summed E-state index contributed by atoms with van der Waals surface area (Å²) in [6.07, 6.45) is 1.43. The topological polar surface area (TPSA) is 183 Å². The van der Waals surface area contributed by atoms with Gasteiger partial charge in [-0.1, -0.05) is 23.1 Å². The molecule has 0 aliphatic carbocycles. The predicted molar refractivity (Wildman–Crippen MR) is 139 cm³/mol. The Labute approximate surface area is 213 Å². The lowest BCUT2D eigenvalue weighted by atomic mass is 10.0. The molecule has 1 N–H and O–H groups in total. The van der Waals surface area contributed by atoms with E-state index in [1.807, 2.05) is 0 Å². The zero-order chi connectivity index (χ0) is 26.1. The molecule has 0 atom stereocenters. The van der Waals surface area contributed by atoms with Crippen molar-refractivity contribution in [1.82, 2.24) is 4.98 Å². The molecule has 5 rings (SSSR count). The van der Waals surface area contributed by atoms with Gasteiger partial charge in [-0.05, 0) is 35.4 Å². The van der Waals surface area contributed by atoms with Crippen molar-refractivity contribution in [3.8, 4) is 11.1 Å². The number of non-ortho nitro benzene ring substituents is 2. The molecule has 0 radical (unpaired) electrons. The molecular formula is C22H12N6O7S2. The molecule has 2 aromatic heterocycles. The van der Waals surface area contributed by atoms with E-state index in [0.29, 0.717) is 21.4 Å². The fourth-order valence-electron chi connectivity index (χ4n) is 3.44. The first-order chi connectivity index (χ1) is 17.8. The lowest BCUT2D eigenvalue weighted by Gasteiger charge is -2.08. The third kappa shape index (κ3) is 4.85. The van der Waals surface area contributed by atoms with Crippen LogP contribution in [0.25, 0.3) is 21.5 Å². The molecule has 4 aromatic rings. The Kier molecular flexibility index (Phi) is 6.29. The number of thioether (sulfide) groups is 1. The summed E-state index contributed by atoms with van der Waals surface area (Å²) in [5, 5.41) is 26.4. The number of aliphatic imine (C=N–C) groups is 1. The molecule has 0 unspecified atom stereocenters. The monoisotopic (exact) mass is 536 g/mol. The number of hydrazone groups is 1. The van der Waals surface area contributed by atoms with Crippen molar-refractivity contribution < 1.29 is 19.1 Å². The van der Waals surface area contributed by atoms with E-state index >= 15 is 0 Å². The van der Waals surface area contributed by atoms with E-state index in [-0.39, 0.29) is 44.5 Å². The Hall–Kier alpha value is -4.76. The molecule has 0 saturated heterocycles. The summed E-state index contributed by atoms with van der Waals surface area (Å²) in [5.41, 5.74) is 3.35. The van der Waals surface area contributed by atoms with Crippen LogP contribution in [0.4, 0.5) is 16.5 Å². The number of nitrogens with zero attached hydrogens (tertiary/aromatic N) is 5. The highest BCUT2D eigenvalue weighted by Gasteiger charge is 2.27. The highest BCUT2D eigenvalue weighted by Crippen LogP contribution is 2.38. The van der Waals surface area contributed by atoms with Crippen molar-refractivity contribution in [2.24, 2.45) is 10.1 Å². The molecule has 1 aliphatic rings. The molecule has 184 valence electrons. The largest absolute Gasteiger partial charge is 0.402 e. The molecule has 0 saturated carbocycles. The van der Waals surface area contributed by atoms with Crippen LogP contribution in [-0.4, -0.2) is 37.7 Å². The average molecular weight is 537 g/mol. The van der Waals surface area contributed by atoms with Crippen LogP contribution in [0.15, 0.2) is 67.8 Å². The van der Waals surface area contributed by atoms with E-state index in [2.05, 4.69) is 20.5 Å². The maximum absolute atomic E-state index is 13.0. The number of anilines is 1. The van der Waals surface area contributed by atoms with Crippen LogP contribution < -0.4 is 11.1 Å². The fraction of sp³-hybridized carbons (Fsp3) is 0.0455. The van der Waals surface area contributed by atoms with Gasteiger partial charge in [0.2, 0.25) is 10.8 Å². The van der Waals surface area contributed by atoms with Gasteiger partial charge in [0.25, 0.3) is 17.3 Å². The van der Waals surface area contributed by atoms with Gasteiger partial charge in [-0.3, -0.25) is 30.4 Å². The summed E-state index contributed by atoms with van der Waals surface area (Å²) in [7, 11) is 0. The van der Waals surface area contributed by atoms with Crippen molar-refractivity contribution in [1.29, 1.82) is 0 Å². The van der Waals surface area contributed by atoms with Crippen molar-refractivity contribution in [3.63, 3.8) is 0 Å². The van der Waals surface area contributed by atoms with Gasteiger partial charge >= 0.3 is 5.63 Å². The first kappa shape index (κ1) is 24.0. The predicted octanol–water partition coefficient (Wildman–Crippen LogP) is 4.20. The molecule has 2 aromatic carbocycles. The number of amides is 1. The Morgan fingerprint density at radius 1 is 0.973 bits per heavy atom. The average Bonchev–Trinajstić information content (AvgIpc) is 3.49. The van der Waals surface area contributed by atoms with Crippen LogP contribution in [-0.2, 0) is 4.79 Å². The minimum Gasteiger partial charge on any atom is -0.402 e. The first-order valence-electron chi connectivity index (χ1n) is 10.3. The second-order valence-electron chi connectivity index (χ2n) is 7.41. The van der Waals surface area contributed by atoms with Gasteiger partial charge in [0.1, 0.15) is 15.3 Å². The van der Waals surface area contributed by atoms with E-state index in [9.17, 15) is 29.8 Å². The van der Waals surface area contributed by atoms with Crippen LogP contribution in [0.1, 0.15) is 11.1 Å². The van der Waals surface area contributed by atoms with Gasteiger partial charge in [-0.2, -0.15) is 10.1 Å². The van der Waals surface area contributed by atoms with Crippen LogP contribution >= 0.6 is 23.1 Å². The number of hydrogen-bond acceptors (Lipinski definition) is 12. The van der Waals surface area contributed by atoms with Crippen LogP contribution in [0, 0.1) is 20.2 Å². The maximum Gasteiger partial charge on any atom is 0.348 e. The molecule has 0 bridgehead atoms. The van der Waals surface area contributed by atoms with E-state index in [4.69, 9.17) is 4.42 Å². The highest BCUT2D eigenvalue weighted by molar-refractivity contribution is 8.15. The van der Waals surface area contributed by atoms with Gasteiger partial charge in [0.05, 0.1) is 21.8 Å². The maximum atomic E-state index is 13.0. The zero-order valence-electron chi connectivity index (χ0n) is 18.3. The number of thiazole rings is 1. The molecule has 1 aliphatic heterocycles. The second kappa shape index (κ2) is 9.71. The normalized spacial score (nSPS) is 13.3. The third-order valence-electron chi connectivity index (χ3n) is 5.08. The SMILES string of the molecule is O=C1CSC(c2c(-c3ccc([N+](=O)[O-])cc3)c3sc(N/N=C/c4ccc([N+](=O)[O-])cc4)nc3oc2=O)=N1. The molecule has 37 heavy (non-hydrogen) atoms. The summed E-state index contributed by atoms with van der Waals surface area (Å²) in [6.45, 7) is 0. The molecule has 1 amide bonds. The number of nitro groups is 2. The van der Waals surface area contributed by atoms with Crippen molar-refractivity contribution in [2.45, 2.75) is 0 Å². The molecule has 15 heteroatoms. The lowest BCUT2D eigenvalue weighted by Crippen LogP contribution is -2.13. The first-order valence-corrected chi connectivity index (χ1v) is 12.1. The van der Waals surface area contributed by atoms with Crippen molar-refractivity contribution in [2.75, 3.05) is 11.2 Å². The summed E-state index contributed by atoms with van der Waals surface area (Å²) in [4.78, 5) is 53.8. The Balaban J connectivity index is 1.56. The van der Waals surface area contributed by atoms with E-state index < -0.39 is 15.5 Å². The van der Waals surface area contributed by atoms with Crippen LogP contribution in [0.5, 0.6) is 0 Å². The van der Waals surface area contributed by atoms with E-state index in [1.165, 1.54) is 54.7 Å². The Morgan fingerprint density at radius 3 is 2.22 bits per heavy atom. The number of carbonyl (C=O) groups is 1. The van der Waals surface area contributed by atoms with E-state index in [0.717, 1.165) is 23.1 Å².